The Bertz CT molecular complexity index is 768. The molecule has 104 valence electrons. The molecule has 0 unspecified atom stereocenters. The van der Waals surface area contributed by atoms with Gasteiger partial charge >= 0.3 is 5.69 Å². The van der Waals surface area contributed by atoms with Crippen molar-refractivity contribution in [3.8, 4) is 0 Å². The molecule has 0 aromatic heterocycles. The summed E-state index contributed by atoms with van der Waals surface area (Å²) >= 11 is 3.08. The van der Waals surface area contributed by atoms with Crippen molar-refractivity contribution < 1.29 is 14.5 Å². The van der Waals surface area contributed by atoms with Crippen LogP contribution < -0.4 is 4.90 Å². The van der Waals surface area contributed by atoms with E-state index >= 15 is 0 Å². The second-order valence-electron chi connectivity index (χ2n) is 4.36. The third kappa shape index (κ3) is 1.93. The maximum Gasteiger partial charge on any atom is 0.307 e. The van der Waals surface area contributed by atoms with Crippen molar-refractivity contribution in [1.29, 1.82) is 0 Å². The van der Waals surface area contributed by atoms with Gasteiger partial charge in [0.25, 0.3) is 11.8 Å². The lowest BCUT2D eigenvalue weighted by atomic mass is 10.1. The van der Waals surface area contributed by atoms with Gasteiger partial charge in [0.2, 0.25) is 0 Å². The Hall–Kier alpha value is -2.54. The van der Waals surface area contributed by atoms with Crippen molar-refractivity contribution in [1.82, 2.24) is 0 Å². The van der Waals surface area contributed by atoms with Crippen LogP contribution in [0.5, 0.6) is 0 Å². The largest absolute Gasteiger partial charge is 0.307 e. The molecule has 1 heterocycles. The van der Waals surface area contributed by atoms with Crippen LogP contribution in [-0.2, 0) is 0 Å². The number of benzene rings is 2. The number of rotatable bonds is 2. The molecule has 0 N–H and O–H groups in total. The number of imide groups is 1. The van der Waals surface area contributed by atoms with Gasteiger partial charge in [-0.25, -0.2) is 4.90 Å². The van der Waals surface area contributed by atoms with Crippen molar-refractivity contribution >= 4 is 39.1 Å². The molecule has 2 aromatic rings. The smallest absolute Gasteiger partial charge is 0.268 e. The van der Waals surface area contributed by atoms with Crippen LogP contribution in [0.3, 0.4) is 0 Å². The van der Waals surface area contributed by atoms with Gasteiger partial charge in [0.15, 0.2) is 0 Å². The van der Waals surface area contributed by atoms with E-state index in [2.05, 4.69) is 15.9 Å². The number of hydrogen-bond acceptors (Lipinski definition) is 4. The van der Waals surface area contributed by atoms with Crippen LogP contribution in [0.1, 0.15) is 20.7 Å². The predicted molar refractivity (Wildman–Crippen MR) is 78.4 cm³/mol. The second kappa shape index (κ2) is 4.78. The van der Waals surface area contributed by atoms with Crippen LogP contribution in [0.2, 0.25) is 0 Å². The van der Waals surface area contributed by atoms with Gasteiger partial charge in [-0.3, -0.25) is 19.7 Å². The van der Waals surface area contributed by atoms with Gasteiger partial charge in [-0.05, 0) is 40.2 Å². The molecule has 1 aliphatic heterocycles. The number of carbonyl (C=O) groups excluding carboxylic acids is 2. The minimum atomic E-state index is -0.622. The molecule has 0 bridgehead atoms. The first kappa shape index (κ1) is 13.4. The number of amides is 2. The fraction of sp³-hybridized carbons (Fsp3) is 0. The summed E-state index contributed by atoms with van der Waals surface area (Å²) < 4.78 is 0.210. The Balaban J connectivity index is 2.21. The van der Waals surface area contributed by atoms with Crippen molar-refractivity contribution in [2.24, 2.45) is 0 Å². The van der Waals surface area contributed by atoms with Gasteiger partial charge in [0.1, 0.15) is 5.69 Å². The zero-order valence-electron chi connectivity index (χ0n) is 10.4. The van der Waals surface area contributed by atoms with Crippen LogP contribution in [0, 0.1) is 10.1 Å². The van der Waals surface area contributed by atoms with Crippen molar-refractivity contribution in [3.05, 3.63) is 68.2 Å². The van der Waals surface area contributed by atoms with Crippen molar-refractivity contribution in [3.63, 3.8) is 0 Å². The lowest BCUT2D eigenvalue weighted by Crippen LogP contribution is -2.30. The number of anilines is 1. The highest BCUT2D eigenvalue weighted by Crippen LogP contribution is 2.38. The number of nitro benzene ring substituents is 1. The van der Waals surface area contributed by atoms with E-state index in [1.807, 2.05) is 0 Å². The number of fused-ring (bicyclic) bond motifs is 1. The highest BCUT2D eigenvalue weighted by molar-refractivity contribution is 9.10. The Morgan fingerprint density at radius 2 is 1.52 bits per heavy atom. The van der Waals surface area contributed by atoms with Gasteiger partial charge in [-0.1, -0.05) is 18.2 Å². The van der Waals surface area contributed by atoms with Crippen LogP contribution >= 0.6 is 15.9 Å². The minimum Gasteiger partial charge on any atom is -0.268 e. The maximum absolute atomic E-state index is 12.4. The molecule has 3 rings (SSSR count). The molecular formula is C14H7BrN2O4. The Morgan fingerprint density at radius 3 is 2.05 bits per heavy atom. The summed E-state index contributed by atoms with van der Waals surface area (Å²) in [5.74, 6) is -1.12. The molecule has 6 nitrogen and oxygen atoms in total. The lowest BCUT2D eigenvalue weighted by molar-refractivity contribution is -0.384. The summed E-state index contributed by atoms with van der Waals surface area (Å²) in [6, 6.07) is 10.7. The molecule has 7 heteroatoms. The summed E-state index contributed by atoms with van der Waals surface area (Å²) in [5.41, 5.74) is 0.140. The van der Waals surface area contributed by atoms with E-state index in [9.17, 15) is 19.7 Å². The third-order valence-electron chi connectivity index (χ3n) is 3.18. The lowest BCUT2D eigenvalue weighted by Gasteiger charge is -2.14. The average molecular weight is 347 g/mol. The van der Waals surface area contributed by atoms with Crippen LogP contribution in [0.15, 0.2) is 46.9 Å². The zero-order chi connectivity index (χ0) is 15.1. The summed E-state index contributed by atoms with van der Waals surface area (Å²) in [7, 11) is 0. The minimum absolute atomic E-state index is 0.0411. The van der Waals surface area contributed by atoms with E-state index < -0.39 is 16.7 Å². The predicted octanol–water partition coefficient (Wildman–Crippen LogP) is 3.16. The molecule has 2 amide bonds. The van der Waals surface area contributed by atoms with E-state index in [0.29, 0.717) is 0 Å². The average Bonchev–Trinajstić information content (AvgIpc) is 2.71. The van der Waals surface area contributed by atoms with E-state index in [1.54, 1.807) is 12.1 Å². The maximum atomic E-state index is 12.4. The first-order chi connectivity index (χ1) is 10.0. The Labute approximate surface area is 127 Å². The van der Waals surface area contributed by atoms with Crippen molar-refractivity contribution in [2.45, 2.75) is 0 Å². The van der Waals surface area contributed by atoms with Gasteiger partial charge in [0, 0.05) is 0 Å². The number of nitrogens with zero attached hydrogens (tertiary/aromatic N) is 2. The molecule has 0 saturated heterocycles. The fourth-order valence-electron chi connectivity index (χ4n) is 2.27. The fourth-order valence-corrected chi connectivity index (χ4v) is 2.77. The molecule has 21 heavy (non-hydrogen) atoms. The molecular weight excluding hydrogens is 340 g/mol. The van der Waals surface area contributed by atoms with E-state index in [1.165, 1.54) is 30.3 Å². The summed E-state index contributed by atoms with van der Waals surface area (Å²) in [6.45, 7) is 0. The van der Waals surface area contributed by atoms with Gasteiger partial charge in [-0.2, -0.15) is 0 Å². The number of carbonyl (C=O) groups is 2. The zero-order valence-corrected chi connectivity index (χ0v) is 12.0. The van der Waals surface area contributed by atoms with E-state index in [0.717, 1.165) is 4.90 Å². The number of para-hydroxylation sites is 1. The first-order valence-electron chi connectivity index (χ1n) is 5.93. The third-order valence-corrected chi connectivity index (χ3v) is 3.82. The molecule has 1 aliphatic rings. The monoisotopic (exact) mass is 346 g/mol. The van der Waals surface area contributed by atoms with Gasteiger partial charge in [-0.15, -0.1) is 0 Å². The summed E-state index contributed by atoms with van der Waals surface area (Å²) in [4.78, 5) is 36.2. The Kier molecular flexibility index (Phi) is 3.06. The van der Waals surface area contributed by atoms with Gasteiger partial charge in [0.05, 0.1) is 20.5 Å². The van der Waals surface area contributed by atoms with E-state index in [-0.39, 0.29) is 27.0 Å². The number of halogens is 1. The molecule has 0 radical (unpaired) electrons. The SMILES string of the molecule is O=C1c2ccccc2C(=O)N1c1cccc(Br)c1[N+](=O)[O-]. The molecule has 0 atom stereocenters. The molecule has 2 aromatic carbocycles. The van der Waals surface area contributed by atoms with Gasteiger partial charge < -0.3 is 0 Å². The molecule has 0 aliphatic carbocycles. The highest BCUT2D eigenvalue weighted by Gasteiger charge is 2.39. The number of hydrogen-bond donors (Lipinski definition) is 0. The Morgan fingerprint density at radius 1 is 0.952 bits per heavy atom. The summed E-state index contributed by atoms with van der Waals surface area (Å²) in [5, 5.41) is 11.2. The molecule has 0 saturated carbocycles. The first-order valence-corrected chi connectivity index (χ1v) is 6.72. The van der Waals surface area contributed by atoms with Crippen LogP contribution in [0.4, 0.5) is 11.4 Å². The van der Waals surface area contributed by atoms with Crippen LogP contribution in [-0.4, -0.2) is 16.7 Å². The highest BCUT2D eigenvalue weighted by atomic mass is 79.9. The number of nitro groups is 1. The molecule has 0 spiro atoms. The second-order valence-corrected chi connectivity index (χ2v) is 5.21. The normalized spacial score (nSPS) is 13.5. The quantitative estimate of drug-likeness (QED) is 0.475. The molecule has 0 fully saturated rings. The summed E-state index contributed by atoms with van der Waals surface area (Å²) in [6.07, 6.45) is 0. The van der Waals surface area contributed by atoms with Crippen molar-refractivity contribution in [2.75, 3.05) is 4.90 Å². The van der Waals surface area contributed by atoms with E-state index in [4.69, 9.17) is 0 Å². The topological polar surface area (TPSA) is 80.5 Å². The van der Waals surface area contributed by atoms with Crippen LogP contribution in [0.25, 0.3) is 0 Å². The standard InChI is InChI=1S/C14H7BrN2O4/c15-10-6-3-7-11(12(10)17(20)21)16-13(18)8-4-1-2-5-9(8)14(16)19/h1-7H.